The Bertz CT molecular complexity index is 406. The Morgan fingerprint density at radius 2 is 1.50 bits per heavy atom. The lowest BCUT2D eigenvalue weighted by molar-refractivity contribution is 0.245. The van der Waals surface area contributed by atoms with Crippen LogP contribution in [0.4, 0.5) is 0 Å². The number of thiocarbonyl (C=S) groups is 1. The summed E-state index contributed by atoms with van der Waals surface area (Å²) in [4.78, 5) is 2.97. The Morgan fingerprint density at radius 3 is 1.85 bits per heavy atom. The number of benzene rings is 1. The van der Waals surface area contributed by atoms with Gasteiger partial charge < -0.3 is 5.73 Å². The fourth-order valence-corrected chi connectivity index (χ4v) is 2.85. The standard InChI is InChI=1S/C17H28N2S/c1-5-11-19(12-6-2)16(17(18)20)15-9-7-14(8-10-15)13(3)4/h7-10,13,16H,5-6,11-12H2,1-4H3,(H2,18,20). The van der Waals surface area contributed by atoms with Crippen LogP contribution in [-0.4, -0.2) is 23.0 Å². The second kappa shape index (κ2) is 8.38. The first kappa shape index (κ1) is 17.1. The molecule has 1 unspecified atom stereocenters. The Kier molecular flexibility index (Phi) is 7.17. The van der Waals surface area contributed by atoms with Gasteiger partial charge in [0.1, 0.15) is 0 Å². The van der Waals surface area contributed by atoms with Gasteiger partial charge in [-0.1, -0.05) is 64.2 Å². The van der Waals surface area contributed by atoms with Crippen LogP contribution in [0.2, 0.25) is 0 Å². The van der Waals surface area contributed by atoms with Crippen molar-refractivity contribution in [3.8, 4) is 0 Å². The average Bonchev–Trinajstić information content (AvgIpc) is 2.39. The molecule has 2 N–H and O–H groups in total. The molecule has 0 radical (unpaired) electrons. The highest BCUT2D eigenvalue weighted by molar-refractivity contribution is 7.80. The van der Waals surface area contributed by atoms with Crippen molar-refractivity contribution in [2.45, 2.75) is 52.5 Å². The van der Waals surface area contributed by atoms with Crippen LogP contribution in [0.3, 0.4) is 0 Å². The zero-order valence-electron chi connectivity index (χ0n) is 13.2. The zero-order chi connectivity index (χ0) is 15.1. The number of hydrogen-bond acceptors (Lipinski definition) is 2. The van der Waals surface area contributed by atoms with E-state index < -0.39 is 0 Å². The molecule has 1 atom stereocenters. The Morgan fingerprint density at radius 1 is 1.05 bits per heavy atom. The van der Waals surface area contributed by atoms with Crippen molar-refractivity contribution >= 4 is 17.2 Å². The van der Waals surface area contributed by atoms with Crippen LogP contribution in [-0.2, 0) is 0 Å². The Labute approximate surface area is 129 Å². The molecule has 0 bridgehead atoms. The van der Waals surface area contributed by atoms with Gasteiger partial charge in [-0.3, -0.25) is 4.90 Å². The average molecular weight is 292 g/mol. The molecule has 1 rings (SSSR count). The highest BCUT2D eigenvalue weighted by Crippen LogP contribution is 2.24. The molecule has 0 aliphatic rings. The van der Waals surface area contributed by atoms with Crippen molar-refractivity contribution < 1.29 is 0 Å². The molecule has 1 aromatic rings. The van der Waals surface area contributed by atoms with Gasteiger partial charge in [-0.15, -0.1) is 0 Å². The molecule has 0 aliphatic heterocycles. The van der Waals surface area contributed by atoms with Crippen LogP contribution >= 0.6 is 12.2 Å². The van der Waals surface area contributed by atoms with Crippen LogP contribution in [0, 0.1) is 0 Å². The summed E-state index contributed by atoms with van der Waals surface area (Å²) < 4.78 is 0. The molecule has 0 heterocycles. The van der Waals surface area contributed by atoms with Crippen LogP contribution in [0.5, 0.6) is 0 Å². The first-order valence-electron chi connectivity index (χ1n) is 7.64. The minimum Gasteiger partial charge on any atom is -0.392 e. The first-order chi connectivity index (χ1) is 9.51. The molecular formula is C17H28N2S. The number of nitrogens with two attached hydrogens (primary N) is 1. The molecule has 0 spiro atoms. The summed E-state index contributed by atoms with van der Waals surface area (Å²) in [5.41, 5.74) is 8.58. The summed E-state index contributed by atoms with van der Waals surface area (Å²) in [6.07, 6.45) is 2.23. The second-order valence-electron chi connectivity index (χ2n) is 5.66. The second-order valence-corrected chi connectivity index (χ2v) is 6.13. The van der Waals surface area contributed by atoms with E-state index in [-0.39, 0.29) is 6.04 Å². The SMILES string of the molecule is CCCN(CCC)C(C(N)=S)c1ccc(C(C)C)cc1. The summed E-state index contributed by atoms with van der Waals surface area (Å²) in [6.45, 7) is 10.9. The highest BCUT2D eigenvalue weighted by Gasteiger charge is 2.21. The van der Waals surface area contributed by atoms with E-state index in [2.05, 4.69) is 56.9 Å². The van der Waals surface area contributed by atoms with Crippen molar-refractivity contribution in [1.29, 1.82) is 0 Å². The van der Waals surface area contributed by atoms with E-state index in [1.54, 1.807) is 0 Å². The fraction of sp³-hybridized carbons (Fsp3) is 0.588. The normalized spacial score (nSPS) is 12.9. The lowest BCUT2D eigenvalue weighted by atomic mass is 9.98. The van der Waals surface area contributed by atoms with Gasteiger partial charge in [0.25, 0.3) is 0 Å². The molecular weight excluding hydrogens is 264 g/mol. The predicted octanol–water partition coefficient (Wildman–Crippen LogP) is 4.26. The van der Waals surface area contributed by atoms with Crippen molar-refractivity contribution in [2.24, 2.45) is 5.73 Å². The summed E-state index contributed by atoms with van der Waals surface area (Å²) in [5.74, 6) is 0.551. The van der Waals surface area contributed by atoms with Crippen LogP contribution in [0.25, 0.3) is 0 Å². The molecule has 0 aromatic heterocycles. The molecule has 3 heteroatoms. The van der Waals surface area contributed by atoms with E-state index in [0.29, 0.717) is 10.9 Å². The molecule has 0 aliphatic carbocycles. The first-order valence-corrected chi connectivity index (χ1v) is 8.05. The van der Waals surface area contributed by atoms with Crippen molar-refractivity contribution in [2.75, 3.05) is 13.1 Å². The summed E-state index contributed by atoms with van der Waals surface area (Å²) in [5, 5.41) is 0. The van der Waals surface area contributed by atoms with Crippen LogP contribution in [0.15, 0.2) is 24.3 Å². The van der Waals surface area contributed by atoms with E-state index in [1.165, 1.54) is 11.1 Å². The maximum absolute atomic E-state index is 6.02. The quantitative estimate of drug-likeness (QED) is 0.726. The zero-order valence-corrected chi connectivity index (χ0v) is 14.0. The van der Waals surface area contributed by atoms with E-state index >= 15 is 0 Å². The smallest absolute Gasteiger partial charge is 0.0948 e. The van der Waals surface area contributed by atoms with E-state index in [0.717, 1.165) is 25.9 Å². The molecule has 0 saturated carbocycles. The lowest BCUT2D eigenvalue weighted by Gasteiger charge is -2.31. The number of hydrogen-bond donors (Lipinski definition) is 1. The highest BCUT2D eigenvalue weighted by atomic mass is 32.1. The van der Waals surface area contributed by atoms with Gasteiger partial charge in [0.2, 0.25) is 0 Å². The van der Waals surface area contributed by atoms with Gasteiger partial charge >= 0.3 is 0 Å². The van der Waals surface area contributed by atoms with Crippen LogP contribution < -0.4 is 5.73 Å². The van der Waals surface area contributed by atoms with Crippen molar-refractivity contribution in [3.63, 3.8) is 0 Å². The predicted molar refractivity (Wildman–Crippen MR) is 92.2 cm³/mol. The van der Waals surface area contributed by atoms with Gasteiger partial charge in [-0.25, -0.2) is 0 Å². The van der Waals surface area contributed by atoms with Crippen molar-refractivity contribution in [1.82, 2.24) is 4.90 Å². The minimum absolute atomic E-state index is 0.0612. The minimum atomic E-state index is 0.0612. The van der Waals surface area contributed by atoms with Gasteiger partial charge in [-0.05, 0) is 43.0 Å². The fourth-order valence-electron chi connectivity index (χ4n) is 2.56. The van der Waals surface area contributed by atoms with E-state index in [9.17, 15) is 0 Å². The third-order valence-corrected chi connectivity index (χ3v) is 3.80. The number of rotatable bonds is 8. The molecule has 1 aromatic carbocycles. The maximum Gasteiger partial charge on any atom is 0.0948 e. The molecule has 20 heavy (non-hydrogen) atoms. The topological polar surface area (TPSA) is 29.3 Å². The van der Waals surface area contributed by atoms with E-state index in [1.807, 2.05) is 0 Å². The molecule has 2 nitrogen and oxygen atoms in total. The molecule has 112 valence electrons. The maximum atomic E-state index is 6.02. The molecule has 0 saturated heterocycles. The molecule has 0 amide bonds. The largest absolute Gasteiger partial charge is 0.392 e. The Balaban J connectivity index is 3.02. The van der Waals surface area contributed by atoms with Gasteiger partial charge in [0.05, 0.1) is 11.0 Å². The monoisotopic (exact) mass is 292 g/mol. The lowest BCUT2D eigenvalue weighted by Crippen LogP contribution is -2.38. The third-order valence-electron chi connectivity index (χ3n) is 3.58. The number of nitrogens with zero attached hydrogens (tertiary/aromatic N) is 1. The molecule has 0 fully saturated rings. The summed E-state index contributed by atoms with van der Waals surface area (Å²) in [6, 6.07) is 8.81. The van der Waals surface area contributed by atoms with Crippen molar-refractivity contribution in [3.05, 3.63) is 35.4 Å². The third kappa shape index (κ3) is 4.57. The summed E-state index contributed by atoms with van der Waals surface area (Å²) >= 11 is 5.32. The van der Waals surface area contributed by atoms with E-state index in [4.69, 9.17) is 18.0 Å². The van der Waals surface area contributed by atoms with Gasteiger partial charge in [-0.2, -0.15) is 0 Å². The summed E-state index contributed by atoms with van der Waals surface area (Å²) in [7, 11) is 0. The van der Waals surface area contributed by atoms with Gasteiger partial charge in [0.15, 0.2) is 0 Å². The van der Waals surface area contributed by atoms with Gasteiger partial charge in [0, 0.05) is 0 Å². The Hall–Kier alpha value is -0.930. The van der Waals surface area contributed by atoms with Crippen LogP contribution in [0.1, 0.15) is 63.6 Å².